The van der Waals surface area contributed by atoms with Crippen molar-refractivity contribution < 1.29 is 46.5 Å². The Kier molecular flexibility index (Phi) is 4.54. The van der Waals surface area contributed by atoms with E-state index < -0.39 is 0 Å². The molecule has 3 aromatic carbocycles. The SMILES string of the molecule is Cc1c(C)c([Xe])c2c([nH]c3c2c(C)c(C)c2c4ccccc4n(C(C)C)c32)c1C. The number of para-hydroxylation sites is 1. The second kappa shape index (κ2) is 6.66. The second-order valence-corrected chi connectivity index (χ2v) is 9.77. The summed E-state index contributed by atoms with van der Waals surface area (Å²) in [6, 6.07) is 9.24. The molecule has 0 aliphatic heterocycles. The van der Waals surface area contributed by atoms with Gasteiger partial charge in [-0.2, -0.15) is 0 Å². The molecule has 1 radical (unpaired) electrons. The van der Waals surface area contributed by atoms with Crippen LogP contribution in [-0.4, -0.2) is 9.55 Å². The number of aromatic amines is 1. The van der Waals surface area contributed by atoms with Gasteiger partial charge in [-0.3, -0.25) is 0 Å². The molecule has 0 fully saturated rings. The van der Waals surface area contributed by atoms with Crippen LogP contribution in [0.4, 0.5) is 0 Å². The number of fused-ring (bicyclic) bond motifs is 7. The molecule has 2 nitrogen and oxygen atoms in total. The molecule has 0 saturated carbocycles. The fraction of sp³-hybridized carbons (Fsp3) is 0.308. The van der Waals surface area contributed by atoms with Crippen LogP contribution in [0, 0.1) is 81.2 Å². The van der Waals surface area contributed by atoms with Crippen molar-refractivity contribution in [3.63, 3.8) is 0 Å². The summed E-state index contributed by atoms with van der Waals surface area (Å²) < 4.78 is 3.86. The Labute approximate surface area is 204 Å². The Hall–Kier alpha value is -1.17. The van der Waals surface area contributed by atoms with E-state index in [0.29, 0.717) is 6.04 Å². The molecule has 0 saturated heterocycles. The summed E-state index contributed by atoms with van der Waals surface area (Å²) in [6.45, 7) is 15.9. The van der Waals surface area contributed by atoms with Gasteiger partial charge in [0.15, 0.2) is 0 Å². The quantitative estimate of drug-likeness (QED) is 0.265. The first kappa shape index (κ1) is 19.8. The van der Waals surface area contributed by atoms with Gasteiger partial charge in [0, 0.05) is 0 Å². The summed E-state index contributed by atoms with van der Waals surface area (Å²) in [5.41, 5.74) is 12.1. The van der Waals surface area contributed by atoms with Gasteiger partial charge in [-0.15, -0.1) is 0 Å². The first-order chi connectivity index (χ1) is 13.8. The number of nitrogens with one attached hydrogen (secondary N) is 1. The molecule has 5 aromatic rings. The zero-order valence-electron chi connectivity index (χ0n) is 18.2. The second-order valence-electron chi connectivity index (χ2n) is 8.76. The van der Waals surface area contributed by atoms with Crippen LogP contribution in [0.25, 0.3) is 43.6 Å². The molecule has 3 heteroatoms. The van der Waals surface area contributed by atoms with Crippen LogP contribution >= 0.6 is 0 Å². The van der Waals surface area contributed by atoms with Crippen LogP contribution in [-0.2, 0) is 0 Å². The summed E-state index contributed by atoms with van der Waals surface area (Å²) in [5.74, 6) is 0. The zero-order chi connectivity index (χ0) is 20.8. The van der Waals surface area contributed by atoms with Gasteiger partial charge in [-0.1, -0.05) is 0 Å². The number of nitrogens with zero attached hydrogens (tertiary/aromatic N) is 1. The topological polar surface area (TPSA) is 20.7 Å². The van der Waals surface area contributed by atoms with Gasteiger partial charge in [-0.05, 0) is 0 Å². The third-order valence-corrected chi connectivity index (χ3v) is 8.27. The third kappa shape index (κ3) is 2.47. The molecule has 2 heterocycles. The van der Waals surface area contributed by atoms with Gasteiger partial charge >= 0.3 is 206 Å². The molecule has 5 rings (SSSR count). The average molecular weight is 499 g/mol. The summed E-state index contributed by atoms with van der Waals surface area (Å²) in [5, 5.41) is 5.51. The van der Waals surface area contributed by atoms with E-state index in [1.165, 1.54) is 71.5 Å². The van der Waals surface area contributed by atoms with Gasteiger partial charge in [0.2, 0.25) is 0 Å². The number of H-pyrrole nitrogens is 1. The first-order valence-electron chi connectivity index (χ1n) is 10.4. The van der Waals surface area contributed by atoms with E-state index in [2.05, 4.69) is 129 Å². The van der Waals surface area contributed by atoms with E-state index in [0.717, 1.165) is 0 Å². The van der Waals surface area contributed by atoms with Crippen LogP contribution < -0.4 is 0.0314 Å². The van der Waals surface area contributed by atoms with E-state index >= 15 is 0 Å². The third-order valence-electron chi connectivity index (χ3n) is 7.01. The molecule has 0 bridgehead atoms. The number of rotatable bonds is 1. The van der Waals surface area contributed by atoms with Crippen molar-refractivity contribution >= 4 is 43.6 Å². The van der Waals surface area contributed by atoms with Crippen molar-refractivity contribution in [2.24, 2.45) is 0 Å². The van der Waals surface area contributed by atoms with Crippen LogP contribution in [0.1, 0.15) is 47.7 Å². The molecule has 0 spiro atoms. The fourth-order valence-electron chi connectivity index (χ4n) is 5.16. The predicted molar refractivity (Wildman–Crippen MR) is 123 cm³/mol. The Balaban J connectivity index is 2.20. The maximum absolute atomic E-state index is 3.89. The Morgan fingerprint density at radius 2 is 1.41 bits per heavy atom. The van der Waals surface area contributed by atoms with Gasteiger partial charge < -0.3 is 0 Å². The van der Waals surface area contributed by atoms with Crippen molar-refractivity contribution in [2.45, 2.75) is 54.5 Å². The Bertz CT molecular complexity index is 1480. The van der Waals surface area contributed by atoms with E-state index in [1.54, 1.807) is 0 Å². The Morgan fingerprint density at radius 3 is 2.10 bits per heavy atom. The Morgan fingerprint density at radius 1 is 0.759 bits per heavy atom. The average Bonchev–Trinajstić information content (AvgIpc) is 3.25. The fourth-order valence-corrected chi connectivity index (χ4v) is 6.05. The molecule has 2 aromatic heterocycles. The van der Waals surface area contributed by atoms with Crippen LogP contribution in [0.5, 0.6) is 0 Å². The number of benzene rings is 3. The standard InChI is InChI=1S/C26H27N2Xe/c1-12(2)28-19-11-9-8-10-18(19)20-14(4)15(5)21-22-23(27-24(21)25(20)28)16(6)13(3)17(7)26(22)29/h8-12,27H,1-7H3. The molecule has 0 atom stereocenters. The summed E-state index contributed by atoms with van der Waals surface area (Å²) >= 11 is 2.91. The predicted octanol–water partition coefficient (Wildman–Crippen LogP) is 6.73. The number of hydrogen-bond donors (Lipinski definition) is 1. The summed E-state index contributed by atoms with van der Waals surface area (Å²) in [4.78, 5) is 3.89. The van der Waals surface area contributed by atoms with Crippen LogP contribution in [0.15, 0.2) is 24.3 Å². The van der Waals surface area contributed by atoms with Crippen LogP contribution in [0.2, 0.25) is 0 Å². The zero-order valence-corrected chi connectivity index (χ0v) is 20.2. The van der Waals surface area contributed by atoms with Gasteiger partial charge in [0.1, 0.15) is 0 Å². The van der Waals surface area contributed by atoms with Crippen molar-refractivity contribution in [3.05, 3.63) is 52.1 Å². The molecule has 0 aliphatic carbocycles. The van der Waals surface area contributed by atoms with Crippen molar-refractivity contribution in [2.75, 3.05) is 0 Å². The van der Waals surface area contributed by atoms with Gasteiger partial charge in [0.05, 0.1) is 0 Å². The molecule has 0 amide bonds. The molecular formula is C26H27N2Xe. The monoisotopic (exact) mass is 499 g/mol. The summed E-state index contributed by atoms with van der Waals surface area (Å²) in [7, 11) is 0. The summed E-state index contributed by atoms with van der Waals surface area (Å²) in [6.07, 6.45) is 0. The molecule has 149 valence electrons. The number of hydrogen-bond acceptors (Lipinski definition) is 0. The molecule has 0 unspecified atom stereocenters. The van der Waals surface area contributed by atoms with Crippen molar-refractivity contribution in [1.82, 2.24) is 9.55 Å². The molecule has 1 N–H and O–H groups in total. The maximum atomic E-state index is 3.89. The van der Waals surface area contributed by atoms with E-state index in [1.807, 2.05) is 0 Å². The van der Waals surface area contributed by atoms with E-state index in [4.69, 9.17) is 0 Å². The number of aryl methyl sites for hydroxylation is 3. The van der Waals surface area contributed by atoms with Crippen molar-refractivity contribution in [1.29, 1.82) is 0 Å². The normalized spacial score (nSPS) is 12.4. The minimum absolute atomic E-state index is 0.384. The van der Waals surface area contributed by atoms with Gasteiger partial charge in [0.25, 0.3) is 0 Å². The van der Waals surface area contributed by atoms with E-state index in [9.17, 15) is 0 Å². The number of aromatic nitrogens is 2. The van der Waals surface area contributed by atoms with Crippen molar-refractivity contribution in [3.8, 4) is 0 Å². The first-order valence-corrected chi connectivity index (χ1v) is 11.4. The molecule has 29 heavy (non-hydrogen) atoms. The van der Waals surface area contributed by atoms with Crippen LogP contribution in [0.3, 0.4) is 0 Å². The minimum atomic E-state index is 0.384. The van der Waals surface area contributed by atoms with Gasteiger partial charge in [-0.25, -0.2) is 0 Å². The molecule has 0 aliphatic rings. The van der Waals surface area contributed by atoms with E-state index in [-0.39, 0.29) is 0 Å². The molecular weight excluding hydrogens is 472 g/mol.